The fourth-order valence-corrected chi connectivity index (χ4v) is 2.44. The van der Waals surface area contributed by atoms with E-state index in [0.717, 1.165) is 29.1 Å². The number of nitrogens with zero attached hydrogens (tertiary/aromatic N) is 2. The zero-order valence-corrected chi connectivity index (χ0v) is 12.0. The summed E-state index contributed by atoms with van der Waals surface area (Å²) < 4.78 is 1.91. The molecule has 0 aliphatic carbocycles. The molecular weight excluding hydrogens is 260 g/mol. The fraction of sp³-hybridized carbons (Fsp3) is 0.357. The molecule has 0 aliphatic rings. The van der Waals surface area contributed by atoms with Crippen LogP contribution in [0.5, 0.6) is 0 Å². The van der Waals surface area contributed by atoms with Gasteiger partial charge in [-0.15, -0.1) is 0 Å². The van der Waals surface area contributed by atoms with Gasteiger partial charge >= 0.3 is 0 Å². The molecule has 1 heterocycles. The maximum atomic E-state index is 5.98. The number of halogens is 1. The smallest absolute Gasteiger partial charge is 0.0522 e. The average Bonchev–Trinajstić information content (AvgIpc) is 2.84. The minimum atomic E-state index is 0.0618. The van der Waals surface area contributed by atoms with Crippen LogP contribution in [0.2, 0.25) is 5.02 Å². The van der Waals surface area contributed by atoms with Gasteiger partial charge in [0.1, 0.15) is 0 Å². The highest BCUT2D eigenvalue weighted by molar-refractivity contribution is 6.30. The molecule has 0 saturated heterocycles. The molecule has 0 bridgehead atoms. The Bertz CT molecular complexity index is 550. The van der Waals surface area contributed by atoms with Crippen LogP contribution >= 0.6 is 11.6 Å². The van der Waals surface area contributed by atoms with E-state index in [2.05, 4.69) is 23.6 Å². The number of nitrogens with one attached hydrogen (secondary N) is 1. The quantitative estimate of drug-likeness (QED) is 0.653. The highest BCUT2D eigenvalue weighted by Gasteiger charge is 2.14. The van der Waals surface area contributed by atoms with Gasteiger partial charge < -0.3 is 0 Å². The average molecular weight is 279 g/mol. The first-order valence-electron chi connectivity index (χ1n) is 6.37. The second-order valence-electron chi connectivity index (χ2n) is 4.63. The van der Waals surface area contributed by atoms with E-state index in [1.165, 1.54) is 5.56 Å². The molecule has 0 amide bonds. The SMILES string of the molecule is CCn1cc(CC(NN)c2ccc(Cl)cc2C)cn1. The lowest BCUT2D eigenvalue weighted by Crippen LogP contribution is -2.30. The monoisotopic (exact) mass is 278 g/mol. The van der Waals surface area contributed by atoms with Crippen molar-refractivity contribution in [3.8, 4) is 0 Å². The first-order valence-corrected chi connectivity index (χ1v) is 6.75. The van der Waals surface area contributed by atoms with Crippen LogP contribution in [0, 0.1) is 6.92 Å². The molecule has 1 unspecified atom stereocenters. The molecule has 0 aliphatic heterocycles. The Morgan fingerprint density at radius 3 is 2.84 bits per heavy atom. The van der Waals surface area contributed by atoms with E-state index in [9.17, 15) is 0 Å². The Labute approximate surface area is 118 Å². The van der Waals surface area contributed by atoms with Crippen molar-refractivity contribution in [2.45, 2.75) is 32.9 Å². The van der Waals surface area contributed by atoms with Gasteiger partial charge in [-0.3, -0.25) is 16.0 Å². The number of aryl methyl sites for hydroxylation is 2. The molecule has 1 aromatic carbocycles. The minimum absolute atomic E-state index is 0.0618. The van der Waals surface area contributed by atoms with Crippen molar-refractivity contribution in [1.82, 2.24) is 15.2 Å². The maximum Gasteiger partial charge on any atom is 0.0522 e. The van der Waals surface area contributed by atoms with Crippen molar-refractivity contribution >= 4 is 11.6 Å². The van der Waals surface area contributed by atoms with Crippen molar-refractivity contribution in [3.63, 3.8) is 0 Å². The van der Waals surface area contributed by atoms with E-state index in [-0.39, 0.29) is 6.04 Å². The predicted octanol–water partition coefficient (Wildman–Crippen LogP) is 2.61. The summed E-state index contributed by atoms with van der Waals surface area (Å²) in [5.41, 5.74) is 6.34. The van der Waals surface area contributed by atoms with Crippen molar-refractivity contribution in [3.05, 3.63) is 52.3 Å². The standard InChI is InChI=1S/C14H19ClN4/c1-3-19-9-11(8-17-19)7-14(18-16)13-5-4-12(15)6-10(13)2/h4-6,8-9,14,18H,3,7,16H2,1-2H3. The zero-order chi connectivity index (χ0) is 13.8. The summed E-state index contributed by atoms with van der Waals surface area (Å²) in [4.78, 5) is 0. The van der Waals surface area contributed by atoms with Gasteiger partial charge in [0.2, 0.25) is 0 Å². The van der Waals surface area contributed by atoms with Crippen LogP contribution in [0.15, 0.2) is 30.6 Å². The van der Waals surface area contributed by atoms with Crippen LogP contribution in [0.25, 0.3) is 0 Å². The summed E-state index contributed by atoms with van der Waals surface area (Å²) in [5, 5.41) is 5.03. The lowest BCUT2D eigenvalue weighted by molar-refractivity contribution is 0.549. The number of aromatic nitrogens is 2. The molecule has 0 spiro atoms. The van der Waals surface area contributed by atoms with Crippen LogP contribution in [0.1, 0.15) is 29.7 Å². The minimum Gasteiger partial charge on any atom is -0.273 e. The fourth-order valence-electron chi connectivity index (χ4n) is 2.21. The number of nitrogens with two attached hydrogens (primary N) is 1. The van der Waals surface area contributed by atoms with E-state index in [1.807, 2.05) is 36.0 Å². The molecule has 2 aromatic rings. The molecule has 2 rings (SSSR count). The Balaban J connectivity index is 2.19. The molecule has 1 aromatic heterocycles. The lowest BCUT2D eigenvalue weighted by atomic mass is 9.97. The Morgan fingerprint density at radius 1 is 1.47 bits per heavy atom. The predicted molar refractivity (Wildman–Crippen MR) is 77.9 cm³/mol. The van der Waals surface area contributed by atoms with Gasteiger partial charge in [-0.2, -0.15) is 5.10 Å². The molecule has 5 heteroatoms. The summed E-state index contributed by atoms with van der Waals surface area (Å²) in [6, 6.07) is 5.93. The van der Waals surface area contributed by atoms with E-state index in [1.54, 1.807) is 0 Å². The third kappa shape index (κ3) is 3.35. The van der Waals surface area contributed by atoms with Crippen molar-refractivity contribution in [2.24, 2.45) is 5.84 Å². The third-order valence-electron chi connectivity index (χ3n) is 3.26. The van der Waals surface area contributed by atoms with Gasteiger partial charge in [0.15, 0.2) is 0 Å². The second kappa shape index (κ2) is 6.19. The third-order valence-corrected chi connectivity index (χ3v) is 3.49. The highest BCUT2D eigenvalue weighted by atomic mass is 35.5. The molecular formula is C14H19ClN4. The first kappa shape index (κ1) is 14.1. The maximum absolute atomic E-state index is 5.98. The van der Waals surface area contributed by atoms with E-state index >= 15 is 0 Å². The Kier molecular flexibility index (Phi) is 4.58. The summed E-state index contributed by atoms with van der Waals surface area (Å²) in [6.45, 7) is 4.99. The van der Waals surface area contributed by atoms with Crippen LogP contribution in [0.4, 0.5) is 0 Å². The molecule has 3 N–H and O–H groups in total. The van der Waals surface area contributed by atoms with Crippen LogP contribution in [0.3, 0.4) is 0 Å². The summed E-state index contributed by atoms with van der Waals surface area (Å²) in [6.07, 6.45) is 4.74. The van der Waals surface area contributed by atoms with E-state index < -0.39 is 0 Å². The molecule has 102 valence electrons. The van der Waals surface area contributed by atoms with Crippen LogP contribution < -0.4 is 11.3 Å². The van der Waals surface area contributed by atoms with Crippen LogP contribution in [-0.4, -0.2) is 9.78 Å². The first-order chi connectivity index (χ1) is 9.13. The molecule has 1 atom stereocenters. The Morgan fingerprint density at radius 2 is 2.26 bits per heavy atom. The van der Waals surface area contributed by atoms with Crippen molar-refractivity contribution in [1.29, 1.82) is 0 Å². The molecule has 4 nitrogen and oxygen atoms in total. The summed E-state index contributed by atoms with van der Waals surface area (Å²) >= 11 is 5.98. The van der Waals surface area contributed by atoms with E-state index in [4.69, 9.17) is 17.4 Å². The molecule has 19 heavy (non-hydrogen) atoms. The van der Waals surface area contributed by atoms with E-state index in [0.29, 0.717) is 0 Å². The molecule has 0 saturated carbocycles. The van der Waals surface area contributed by atoms with Gasteiger partial charge in [0, 0.05) is 17.8 Å². The van der Waals surface area contributed by atoms with Crippen molar-refractivity contribution < 1.29 is 0 Å². The molecule has 0 radical (unpaired) electrons. The number of benzene rings is 1. The van der Waals surface area contributed by atoms with Gasteiger partial charge in [0.05, 0.1) is 12.2 Å². The van der Waals surface area contributed by atoms with Crippen LogP contribution in [-0.2, 0) is 13.0 Å². The largest absolute Gasteiger partial charge is 0.273 e. The normalized spacial score (nSPS) is 12.6. The Hall–Kier alpha value is -1.36. The highest BCUT2D eigenvalue weighted by Crippen LogP contribution is 2.23. The van der Waals surface area contributed by atoms with Gasteiger partial charge in [-0.1, -0.05) is 17.7 Å². The molecule has 0 fully saturated rings. The number of rotatable bonds is 5. The zero-order valence-electron chi connectivity index (χ0n) is 11.2. The number of hydrazine groups is 1. The lowest BCUT2D eigenvalue weighted by Gasteiger charge is -2.18. The van der Waals surface area contributed by atoms with Gasteiger partial charge in [-0.25, -0.2) is 0 Å². The number of hydrogen-bond donors (Lipinski definition) is 2. The van der Waals surface area contributed by atoms with Gasteiger partial charge in [0.25, 0.3) is 0 Å². The summed E-state index contributed by atoms with van der Waals surface area (Å²) in [7, 11) is 0. The second-order valence-corrected chi connectivity index (χ2v) is 5.06. The summed E-state index contributed by atoms with van der Waals surface area (Å²) in [5.74, 6) is 5.69. The topological polar surface area (TPSA) is 55.9 Å². The number of hydrogen-bond acceptors (Lipinski definition) is 3. The van der Waals surface area contributed by atoms with Crippen molar-refractivity contribution in [2.75, 3.05) is 0 Å². The van der Waals surface area contributed by atoms with Gasteiger partial charge in [-0.05, 0) is 49.1 Å².